The fourth-order valence-corrected chi connectivity index (χ4v) is 4.15. The third-order valence-corrected chi connectivity index (χ3v) is 4.96. The molecule has 0 bridgehead atoms. The maximum atomic E-state index is 2.31. The summed E-state index contributed by atoms with van der Waals surface area (Å²) in [6.07, 6.45) is 2.19. The first kappa shape index (κ1) is 13.8. The van der Waals surface area contributed by atoms with Crippen LogP contribution in [0.2, 0.25) is 0 Å². The Kier molecular flexibility index (Phi) is 4.30. The molecular weight excluding hydrogens is 326 g/mol. The van der Waals surface area contributed by atoms with Crippen LogP contribution in [-0.2, 0) is 11.8 Å². The third kappa shape index (κ3) is 2.17. The van der Waals surface area contributed by atoms with E-state index in [1.54, 1.807) is 0 Å². The van der Waals surface area contributed by atoms with E-state index in [0.29, 0.717) is 0 Å². The molecule has 18 heavy (non-hydrogen) atoms. The van der Waals surface area contributed by atoms with E-state index >= 15 is 0 Å². The lowest BCUT2D eigenvalue weighted by Gasteiger charge is -2.29. The summed E-state index contributed by atoms with van der Waals surface area (Å²) in [5, 5.41) is 0. The van der Waals surface area contributed by atoms with E-state index in [1.165, 1.54) is 37.8 Å². The lowest BCUT2D eigenvalue weighted by Crippen LogP contribution is -3.00. The topological polar surface area (TPSA) is 3.24 Å². The number of halogens is 1. The van der Waals surface area contributed by atoms with Gasteiger partial charge in [0.25, 0.3) is 0 Å². The normalized spacial score (nSPS) is 12.4. The molecule has 0 spiro atoms. The van der Waals surface area contributed by atoms with Crippen molar-refractivity contribution in [2.75, 3.05) is 18.2 Å². The first-order chi connectivity index (χ1) is 8.31. The summed E-state index contributed by atoms with van der Waals surface area (Å²) in [6, 6.07) is 15.2. The molecule has 0 amide bonds. The van der Waals surface area contributed by atoms with Crippen LogP contribution in [0, 0.1) is 0 Å². The van der Waals surface area contributed by atoms with E-state index in [1.807, 2.05) is 11.8 Å². The van der Waals surface area contributed by atoms with Gasteiger partial charge in [-0.25, -0.2) is 0 Å². The van der Waals surface area contributed by atoms with Crippen LogP contribution in [0.15, 0.2) is 57.2 Å². The van der Waals surface area contributed by atoms with Crippen molar-refractivity contribution in [2.45, 2.75) is 14.7 Å². The number of benzene rings is 2. The van der Waals surface area contributed by atoms with Crippen LogP contribution in [0.5, 0.6) is 0 Å². The minimum atomic E-state index is 0. The first-order valence-electron chi connectivity index (χ1n) is 5.54. The van der Waals surface area contributed by atoms with Crippen LogP contribution < -0.4 is 21.9 Å². The lowest BCUT2D eigenvalue weighted by atomic mass is 10.2. The quantitative estimate of drug-likeness (QED) is 0.556. The highest BCUT2D eigenvalue weighted by atomic mass is 79.9. The van der Waals surface area contributed by atoms with Crippen molar-refractivity contribution in [3.63, 3.8) is 0 Å². The highest BCUT2D eigenvalue weighted by Crippen LogP contribution is 2.48. The Morgan fingerprint density at radius 2 is 1.72 bits per heavy atom. The largest absolute Gasteiger partial charge is 1.00 e. The van der Waals surface area contributed by atoms with Crippen molar-refractivity contribution < 1.29 is 17.0 Å². The molecule has 0 saturated carbocycles. The smallest absolute Gasteiger partial charge is 0.177 e. The third-order valence-electron chi connectivity index (χ3n) is 3.00. The summed E-state index contributed by atoms with van der Waals surface area (Å²) in [5.74, 6) is 0. The van der Waals surface area contributed by atoms with Gasteiger partial charge in [0.15, 0.2) is 4.90 Å². The molecule has 94 valence electrons. The maximum absolute atomic E-state index is 2.31. The second kappa shape index (κ2) is 5.59. The van der Waals surface area contributed by atoms with Crippen LogP contribution in [0.4, 0.5) is 11.4 Å². The van der Waals surface area contributed by atoms with Gasteiger partial charge in [0.1, 0.15) is 11.9 Å². The number of fused-ring (bicyclic) bond motifs is 2. The molecule has 1 heterocycles. The van der Waals surface area contributed by atoms with E-state index in [0.717, 1.165) is 0 Å². The van der Waals surface area contributed by atoms with Gasteiger partial charge >= 0.3 is 0 Å². The number of para-hydroxylation sites is 2. The Bertz CT molecular complexity index is 571. The van der Waals surface area contributed by atoms with Gasteiger partial charge < -0.3 is 21.9 Å². The summed E-state index contributed by atoms with van der Waals surface area (Å²) in [4.78, 5) is 6.41. The van der Waals surface area contributed by atoms with Crippen LogP contribution in [0.1, 0.15) is 0 Å². The highest BCUT2D eigenvalue weighted by Gasteiger charge is 2.24. The predicted molar refractivity (Wildman–Crippen MR) is 78.0 cm³/mol. The van der Waals surface area contributed by atoms with Gasteiger partial charge in [-0.05, 0) is 24.3 Å². The van der Waals surface area contributed by atoms with Gasteiger partial charge in [0.2, 0.25) is 0 Å². The molecule has 0 radical (unpaired) electrons. The summed E-state index contributed by atoms with van der Waals surface area (Å²) in [6.45, 7) is 0. The second-order valence-corrected chi connectivity index (χ2v) is 5.99. The molecule has 1 nitrogen and oxygen atoms in total. The molecule has 0 unspecified atom stereocenters. The first-order valence-corrected chi connectivity index (χ1v) is 7.70. The summed E-state index contributed by atoms with van der Waals surface area (Å²) in [5.41, 5.74) is 2.67. The minimum Gasteiger partial charge on any atom is -1.00 e. The maximum Gasteiger partial charge on any atom is 0.177 e. The molecule has 0 atom stereocenters. The molecule has 0 saturated heterocycles. The Labute approximate surface area is 127 Å². The van der Waals surface area contributed by atoms with Crippen molar-refractivity contribution in [3.05, 3.63) is 42.5 Å². The van der Waals surface area contributed by atoms with Crippen molar-refractivity contribution in [1.82, 2.24) is 0 Å². The SMILES string of the molecule is C[SH+]c1cccc2c1N(C)c1ccccc1S2.[Br-]. The molecule has 0 aromatic heterocycles. The number of hydrogen-bond donors (Lipinski definition) is 0. The fourth-order valence-electron chi connectivity index (χ4n) is 2.17. The summed E-state index contributed by atoms with van der Waals surface area (Å²) < 4.78 is 0. The minimum absolute atomic E-state index is 0. The van der Waals surface area contributed by atoms with Crippen LogP contribution in [-0.4, -0.2) is 13.3 Å². The zero-order chi connectivity index (χ0) is 11.8. The van der Waals surface area contributed by atoms with Gasteiger partial charge in [-0.1, -0.05) is 30.0 Å². The lowest BCUT2D eigenvalue weighted by molar-refractivity contribution is -0.00000331. The molecular formula is C14H14BrNS2. The van der Waals surface area contributed by atoms with Gasteiger partial charge in [-0.2, -0.15) is 0 Å². The van der Waals surface area contributed by atoms with Crippen molar-refractivity contribution in [1.29, 1.82) is 0 Å². The van der Waals surface area contributed by atoms with Crippen LogP contribution >= 0.6 is 11.8 Å². The average molecular weight is 340 g/mol. The molecule has 3 rings (SSSR count). The molecule has 4 heteroatoms. The summed E-state index contributed by atoms with van der Waals surface area (Å²) in [7, 11) is 2.16. The van der Waals surface area contributed by atoms with Crippen LogP contribution in [0.3, 0.4) is 0 Å². The number of nitrogens with zero attached hydrogens (tertiary/aromatic N) is 1. The Morgan fingerprint density at radius 3 is 2.50 bits per heavy atom. The molecule has 1 aliphatic heterocycles. The van der Waals surface area contributed by atoms with E-state index in [9.17, 15) is 0 Å². The highest BCUT2D eigenvalue weighted by molar-refractivity contribution is 7.99. The van der Waals surface area contributed by atoms with Gasteiger partial charge in [0, 0.05) is 28.6 Å². The van der Waals surface area contributed by atoms with E-state index in [4.69, 9.17) is 0 Å². The molecule has 2 aromatic rings. The Hall–Kier alpha value is -0.580. The van der Waals surface area contributed by atoms with E-state index < -0.39 is 0 Å². The Morgan fingerprint density at radius 1 is 1.00 bits per heavy atom. The zero-order valence-corrected chi connectivity index (χ0v) is 13.5. The number of thiol groups is 1. The zero-order valence-electron chi connectivity index (χ0n) is 10.2. The monoisotopic (exact) mass is 339 g/mol. The average Bonchev–Trinajstić information content (AvgIpc) is 2.38. The second-order valence-electron chi connectivity index (χ2n) is 3.98. The van der Waals surface area contributed by atoms with Crippen molar-refractivity contribution >= 4 is 34.9 Å². The summed E-state index contributed by atoms with van der Waals surface area (Å²) >= 11 is 3.19. The Balaban J connectivity index is 0.00000120. The number of rotatable bonds is 1. The van der Waals surface area contributed by atoms with Gasteiger partial charge in [-0.3, -0.25) is 0 Å². The van der Waals surface area contributed by atoms with Crippen LogP contribution in [0.25, 0.3) is 0 Å². The van der Waals surface area contributed by atoms with Gasteiger partial charge in [0.05, 0.1) is 5.69 Å². The molecule has 1 aliphatic rings. The fraction of sp³-hybridized carbons (Fsp3) is 0.143. The standard InChI is InChI=1S/C14H13NS2.BrH/c1-15-10-6-3-4-7-11(10)17-13-9-5-8-12(16-2)14(13)15;/h3-9H,1-2H3;1H. The van der Waals surface area contributed by atoms with E-state index in [2.05, 4.69) is 60.7 Å². The molecule has 0 N–H and O–H groups in total. The van der Waals surface area contributed by atoms with Crippen molar-refractivity contribution in [3.8, 4) is 0 Å². The van der Waals surface area contributed by atoms with Gasteiger partial charge in [-0.15, -0.1) is 0 Å². The predicted octanol–water partition coefficient (Wildman–Crippen LogP) is 0.727. The number of hydrogen-bond acceptors (Lipinski definition) is 2. The molecule has 0 fully saturated rings. The van der Waals surface area contributed by atoms with Crippen molar-refractivity contribution in [2.24, 2.45) is 0 Å². The molecule has 0 aliphatic carbocycles. The number of anilines is 2. The molecule has 2 aromatic carbocycles. The van der Waals surface area contributed by atoms with E-state index in [-0.39, 0.29) is 17.0 Å².